The fraction of sp³-hybridized carbons (Fsp3) is 0.588. The van der Waals surface area contributed by atoms with E-state index in [1.807, 2.05) is 19.9 Å². The highest BCUT2D eigenvalue weighted by molar-refractivity contribution is 5.77. The predicted molar refractivity (Wildman–Crippen MR) is 86.5 cm³/mol. The Morgan fingerprint density at radius 2 is 1.95 bits per heavy atom. The number of carbonyl (C=O) groups excluding carboxylic acids is 1. The third-order valence-electron chi connectivity index (χ3n) is 4.26. The molecule has 5 heteroatoms. The molecule has 1 amide bonds. The van der Waals surface area contributed by atoms with E-state index in [9.17, 15) is 4.79 Å². The number of benzene rings is 1. The average Bonchev–Trinajstić information content (AvgIpc) is 2.52. The summed E-state index contributed by atoms with van der Waals surface area (Å²) >= 11 is 0. The molecule has 1 atom stereocenters. The summed E-state index contributed by atoms with van der Waals surface area (Å²) in [7, 11) is 5.39. The summed E-state index contributed by atoms with van der Waals surface area (Å²) in [4.78, 5) is 14.1. The maximum absolute atomic E-state index is 11.9. The van der Waals surface area contributed by atoms with E-state index in [2.05, 4.69) is 23.3 Å². The highest BCUT2D eigenvalue weighted by Crippen LogP contribution is 2.37. The van der Waals surface area contributed by atoms with Crippen molar-refractivity contribution in [3.8, 4) is 11.5 Å². The van der Waals surface area contributed by atoms with E-state index in [1.54, 1.807) is 14.2 Å². The number of hydrogen-bond acceptors (Lipinski definition) is 4. The van der Waals surface area contributed by atoms with Crippen LogP contribution in [0.2, 0.25) is 0 Å². The van der Waals surface area contributed by atoms with Gasteiger partial charge < -0.3 is 14.8 Å². The van der Waals surface area contributed by atoms with Crippen molar-refractivity contribution in [2.24, 2.45) is 5.92 Å². The summed E-state index contributed by atoms with van der Waals surface area (Å²) in [5.41, 5.74) is 2.47. The summed E-state index contributed by atoms with van der Waals surface area (Å²) < 4.78 is 10.8. The van der Waals surface area contributed by atoms with Crippen molar-refractivity contribution in [1.29, 1.82) is 0 Å². The number of fused-ring (bicyclic) bond motifs is 1. The van der Waals surface area contributed by atoms with Crippen molar-refractivity contribution in [2.75, 3.05) is 34.4 Å². The number of ether oxygens (including phenoxy) is 2. The number of nitrogens with one attached hydrogen (secondary N) is 1. The molecule has 1 aliphatic rings. The van der Waals surface area contributed by atoms with Gasteiger partial charge in [-0.05, 0) is 36.7 Å². The van der Waals surface area contributed by atoms with Crippen molar-refractivity contribution >= 4 is 5.91 Å². The van der Waals surface area contributed by atoms with Crippen LogP contribution in [-0.4, -0.2) is 45.2 Å². The quantitative estimate of drug-likeness (QED) is 0.904. The molecule has 0 aromatic heterocycles. The van der Waals surface area contributed by atoms with Gasteiger partial charge >= 0.3 is 0 Å². The Balaban J connectivity index is 2.27. The van der Waals surface area contributed by atoms with E-state index in [1.165, 1.54) is 11.1 Å². The Kier molecular flexibility index (Phi) is 5.29. The van der Waals surface area contributed by atoms with Crippen LogP contribution in [0.25, 0.3) is 0 Å². The first-order chi connectivity index (χ1) is 10.5. The smallest absolute Gasteiger partial charge is 0.222 e. The van der Waals surface area contributed by atoms with Crippen LogP contribution in [0.3, 0.4) is 0 Å². The molecule has 0 aliphatic carbocycles. The van der Waals surface area contributed by atoms with Crippen LogP contribution < -0.4 is 14.8 Å². The van der Waals surface area contributed by atoms with E-state index in [0.717, 1.165) is 24.5 Å². The van der Waals surface area contributed by atoms with Gasteiger partial charge in [0.05, 0.1) is 20.3 Å². The van der Waals surface area contributed by atoms with Crippen LogP contribution in [0, 0.1) is 5.92 Å². The summed E-state index contributed by atoms with van der Waals surface area (Å²) in [6.07, 6.45) is 0.973. The number of methoxy groups -OCH3 is 2. The lowest BCUT2D eigenvalue weighted by molar-refractivity contribution is -0.124. The third kappa shape index (κ3) is 3.35. The first kappa shape index (κ1) is 16.6. The third-order valence-corrected chi connectivity index (χ3v) is 4.26. The number of rotatable bonds is 5. The minimum atomic E-state index is -0.00114. The van der Waals surface area contributed by atoms with E-state index >= 15 is 0 Å². The minimum absolute atomic E-state index is 0.00114. The van der Waals surface area contributed by atoms with Gasteiger partial charge in [0.25, 0.3) is 0 Å². The number of carbonyl (C=O) groups is 1. The molecule has 22 heavy (non-hydrogen) atoms. The van der Waals surface area contributed by atoms with Crippen LogP contribution in [0.1, 0.15) is 31.0 Å². The molecule has 2 rings (SSSR count). The molecule has 0 spiro atoms. The second-order valence-electron chi connectivity index (χ2n) is 6.05. The molecule has 1 heterocycles. The molecular weight excluding hydrogens is 280 g/mol. The van der Waals surface area contributed by atoms with Crippen LogP contribution >= 0.6 is 0 Å². The largest absolute Gasteiger partial charge is 0.493 e. The van der Waals surface area contributed by atoms with Crippen molar-refractivity contribution in [3.05, 3.63) is 23.3 Å². The highest BCUT2D eigenvalue weighted by atomic mass is 16.5. The lowest BCUT2D eigenvalue weighted by Crippen LogP contribution is -2.41. The molecule has 1 aromatic rings. The van der Waals surface area contributed by atoms with Crippen molar-refractivity contribution < 1.29 is 14.3 Å². The van der Waals surface area contributed by atoms with Gasteiger partial charge in [0, 0.05) is 19.0 Å². The van der Waals surface area contributed by atoms with Gasteiger partial charge in [0.1, 0.15) is 0 Å². The summed E-state index contributed by atoms with van der Waals surface area (Å²) in [6, 6.07) is 4.25. The Labute approximate surface area is 132 Å². The summed E-state index contributed by atoms with van der Waals surface area (Å²) in [6.45, 7) is 5.38. The minimum Gasteiger partial charge on any atom is -0.493 e. The first-order valence-corrected chi connectivity index (χ1v) is 7.70. The zero-order valence-corrected chi connectivity index (χ0v) is 14.1. The molecule has 0 saturated carbocycles. The normalized spacial score (nSPS) is 18.0. The van der Waals surface area contributed by atoms with Crippen LogP contribution in [-0.2, 0) is 11.2 Å². The lowest BCUT2D eigenvalue weighted by Gasteiger charge is -2.35. The zero-order valence-electron chi connectivity index (χ0n) is 14.1. The fourth-order valence-corrected chi connectivity index (χ4v) is 2.82. The molecule has 1 unspecified atom stereocenters. The molecule has 1 N–H and O–H groups in total. The molecule has 5 nitrogen and oxygen atoms in total. The van der Waals surface area contributed by atoms with Crippen LogP contribution in [0.4, 0.5) is 0 Å². The van der Waals surface area contributed by atoms with E-state index in [-0.39, 0.29) is 17.9 Å². The Morgan fingerprint density at radius 1 is 1.32 bits per heavy atom. The van der Waals surface area contributed by atoms with Gasteiger partial charge in [-0.15, -0.1) is 0 Å². The van der Waals surface area contributed by atoms with Crippen molar-refractivity contribution in [2.45, 2.75) is 26.3 Å². The summed E-state index contributed by atoms with van der Waals surface area (Å²) in [5.74, 6) is 1.58. The van der Waals surface area contributed by atoms with Crippen LogP contribution in [0.15, 0.2) is 12.1 Å². The number of nitrogens with zero attached hydrogens (tertiary/aromatic N) is 1. The Morgan fingerprint density at radius 3 is 2.55 bits per heavy atom. The van der Waals surface area contributed by atoms with Gasteiger partial charge in [-0.2, -0.15) is 0 Å². The van der Waals surface area contributed by atoms with Gasteiger partial charge in [-0.1, -0.05) is 13.8 Å². The highest BCUT2D eigenvalue weighted by Gasteiger charge is 2.27. The Hall–Kier alpha value is -1.75. The lowest BCUT2D eigenvalue weighted by atomic mass is 9.92. The molecule has 122 valence electrons. The second-order valence-corrected chi connectivity index (χ2v) is 6.05. The summed E-state index contributed by atoms with van der Waals surface area (Å²) in [5, 5.41) is 3.04. The molecule has 0 radical (unpaired) electrons. The Bertz CT molecular complexity index is 543. The number of amides is 1. The monoisotopic (exact) mass is 306 g/mol. The van der Waals surface area contributed by atoms with Gasteiger partial charge in [-0.3, -0.25) is 9.69 Å². The molecular formula is C17H26N2O3. The molecule has 0 fully saturated rings. The standard InChI is InChI=1S/C17H26N2O3/c1-11(2)17(20)18-10-14-13-9-16(22-5)15(21-4)8-12(13)6-7-19(14)3/h8-9,11,14H,6-7,10H2,1-5H3,(H,18,20). The van der Waals surface area contributed by atoms with E-state index < -0.39 is 0 Å². The predicted octanol–water partition coefficient (Wildman–Crippen LogP) is 2.00. The number of hydrogen-bond donors (Lipinski definition) is 1. The maximum atomic E-state index is 11.9. The topological polar surface area (TPSA) is 50.8 Å². The average molecular weight is 306 g/mol. The SMILES string of the molecule is COc1cc2c(cc1OC)C(CNC(=O)C(C)C)N(C)CC2. The molecule has 1 aromatic carbocycles. The molecule has 0 bridgehead atoms. The van der Waals surface area contributed by atoms with Crippen LogP contribution in [0.5, 0.6) is 11.5 Å². The van der Waals surface area contributed by atoms with E-state index in [4.69, 9.17) is 9.47 Å². The van der Waals surface area contributed by atoms with Gasteiger partial charge in [0.2, 0.25) is 5.91 Å². The van der Waals surface area contributed by atoms with Gasteiger partial charge in [0.15, 0.2) is 11.5 Å². The molecule has 1 aliphatic heterocycles. The van der Waals surface area contributed by atoms with Gasteiger partial charge in [-0.25, -0.2) is 0 Å². The number of likely N-dealkylation sites (N-methyl/N-ethyl adjacent to an activating group) is 1. The first-order valence-electron chi connectivity index (χ1n) is 7.70. The zero-order chi connectivity index (χ0) is 16.3. The van der Waals surface area contributed by atoms with Crippen molar-refractivity contribution in [3.63, 3.8) is 0 Å². The van der Waals surface area contributed by atoms with Crippen molar-refractivity contribution in [1.82, 2.24) is 10.2 Å². The second kappa shape index (κ2) is 7.01. The maximum Gasteiger partial charge on any atom is 0.222 e. The molecule has 0 saturated heterocycles. The fourth-order valence-electron chi connectivity index (χ4n) is 2.82. The van der Waals surface area contributed by atoms with E-state index in [0.29, 0.717) is 6.54 Å².